The lowest BCUT2D eigenvalue weighted by atomic mass is 10.1. The van der Waals surface area contributed by atoms with E-state index < -0.39 is 5.41 Å². The molecule has 0 aromatic heterocycles. The summed E-state index contributed by atoms with van der Waals surface area (Å²) in [6.07, 6.45) is 1.54. The van der Waals surface area contributed by atoms with E-state index in [1.165, 1.54) is 4.90 Å². The summed E-state index contributed by atoms with van der Waals surface area (Å²) in [7, 11) is 0. The summed E-state index contributed by atoms with van der Waals surface area (Å²) in [5.74, 6) is -0.479. The van der Waals surface area contributed by atoms with Crippen molar-refractivity contribution < 1.29 is 14.7 Å². The van der Waals surface area contributed by atoms with Crippen LogP contribution >= 0.6 is 0 Å². The number of benzene rings is 1. The van der Waals surface area contributed by atoms with Crippen molar-refractivity contribution in [1.82, 2.24) is 0 Å². The van der Waals surface area contributed by atoms with Gasteiger partial charge in [-0.05, 0) is 30.0 Å². The van der Waals surface area contributed by atoms with Gasteiger partial charge in [-0.3, -0.25) is 9.59 Å². The van der Waals surface area contributed by atoms with E-state index in [1.807, 2.05) is 12.1 Å². The van der Waals surface area contributed by atoms with E-state index in [2.05, 4.69) is 0 Å². The van der Waals surface area contributed by atoms with Gasteiger partial charge in [0.1, 0.15) is 0 Å². The molecule has 0 saturated heterocycles. The van der Waals surface area contributed by atoms with Crippen LogP contribution in [0.1, 0.15) is 24.0 Å². The number of imide groups is 1. The van der Waals surface area contributed by atoms with E-state index in [9.17, 15) is 14.7 Å². The smallest absolute Gasteiger partial charge is 0.242 e. The van der Waals surface area contributed by atoms with Crippen molar-refractivity contribution in [2.45, 2.75) is 25.8 Å². The molecule has 19 heavy (non-hydrogen) atoms. The van der Waals surface area contributed by atoms with Crippen molar-refractivity contribution in [3.8, 4) is 0 Å². The minimum absolute atomic E-state index is 0.189. The third-order valence-corrected chi connectivity index (χ3v) is 4.02. The molecule has 1 saturated carbocycles. The van der Waals surface area contributed by atoms with Crippen molar-refractivity contribution in [3.05, 3.63) is 29.3 Å². The molecule has 2 amide bonds. The fourth-order valence-corrected chi connectivity index (χ4v) is 2.55. The maximum Gasteiger partial charge on any atom is 0.242 e. The van der Waals surface area contributed by atoms with Gasteiger partial charge in [0.2, 0.25) is 11.8 Å². The Labute approximate surface area is 111 Å². The monoisotopic (exact) mass is 260 g/mol. The fraction of sp³-hybridized carbons (Fsp3) is 0.429. The summed E-state index contributed by atoms with van der Waals surface area (Å²) in [6.45, 7) is 0.224. The minimum atomic E-state index is -0.718. The maximum absolute atomic E-state index is 12.4. The first-order valence-electron chi connectivity index (χ1n) is 6.41. The van der Waals surface area contributed by atoms with Crippen LogP contribution in [-0.4, -0.2) is 23.5 Å². The third kappa shape index (κ3) is 1.77. The van der Waals surface area contributed by atoms with Crippen LogP contribution < -0.4 is 10.6 Å². The molecule has 1 fully saturated rings. The first-order valence-corrected chi connectivity index (χ1v) is 6.41. The van der Waals surface area contributed by atoms with Crippen molar-refractivity contribution in [2.75, 3.05) is 11.5 Å². The SMILES string of the molecule is NCc1ccc2c(c1)CC(=O)N2C(=O)C1(CO)CC1. The van der Waals surface area contributed by atoms with Crippen LogP contribution in [0.2, 0.25) is 0 Å². The molecule has 0 atom stereocenters. The number of fused-ring (bicyclic) bond motifs is 1. The van der Waals surface area contributed by atoms with E-state index >= 15 is 0 Å². The fourth-order valence-electron chi connectivity index (χ4n) is 2.55. The Hall–Kier alpha value is -1.72. The molecule has 1 aromatic rings. The highest BCUT2D eigenvalue weighted by Crippen LogP contribution is 2.48. The van der Waals surface area contributed by atoms with Gasteiger partial charge in [0, 0.05) is 6.54 Å². The molecular formula is C14H16N2O3. The lowest BCUT2D eigenvalue weighted by Crippen LogP contribution is -2.41. The zero-order valence-electron chi connectivity index (χ0n) is 10.6. The van der Waals surface area contributed by atoms with Crippen molar-refractivity contribution in [3.63, 3.8) is 0 Å². The normalized spacial score (nSPS) is 19.5. The van der Waals surface area contributed by atoms with Crippen LogP contribution in [0.5, 0.6) is 0 Å². The molecule has 5 nitrogen and oxygen atoms in total. The van der Waals surface area contributed by atoms with Crippen LogP contribution in [0, 0.1) is 5.41 Å². The van der Waals surface area contributed by atoms with Gasteiger partial charge in [0.15, 0.2) is 0 Å². The molecule has 1 aliphatic carbocycles. The lowest BCUT2D eigenvalue weighted by Gasteiger charge is -2.20. The maximum atomic E-state index is 12.4. The van der Waals surface area contributed by atoms with Gasteiger partial charge in [-0.15, -0.1) is 0 Å². The second-order valence-corrected chi connectivity index (χ2v) is 5.32. The second-order valence-electron chi connectivity index (χ2n) is 5.32. The Kier molecular flexibility index (Phi) is 2.69. The van der Waals surface area contributed by atoms with Gasteiger partial charge < -0.3 is 10.8 Å². The molecular weight excluding hydrogens is 244 g/mol. The Balaban J connectivity index is 1.97. The number of nitrogens with two attached hydrogens (primary N) is 1. The first kappa shape index (κ1) is 12.3. The average molecular weight is 260 g/mol. The highest BCUT2D eigenvalue weighted by atomic mass is 16.3. The second kappa shape index (κ2) is 4.15. The molecule has 0 unspecified atom stereocenters. The first-order chi connectivity index (χ1) is 9.11. The number of rotatable bonds is 3. The Morgan fingerprint density at radius 3 is 2.74 bits per heavy atom. The minimum Gasteiger partial charge on any atom is -0.395 e. The summed E-state index contributed by atoms with van der Waals surface area (Å²) in [6, 6.07) is 5.48. The van der Waals surface area contributed by atoms with E-state index in [0.29, 0.717) is 25.1 Å². The van der Waals surface area contributed by atoms with Crippen LogP contribution in [0.4, 0.5) is 5.69 Å². The summed E-state index contributed by atoms with van der Waals surface area (Å²) in [5, 5.41) is 9.33. The molecule has 1 heterocycles. The molecule has 3 rings (SSSR count). The number of carbonyl (C=O) groups excluding carboxylic acids is 2. The predicted molar refractivity (Wildman–Crippen MR) is 69.3 cm³/mol. The number of hydrogen-bond donors (Lipinski definition) is 2. The van der Waals surface area contributed by atoms with Gasteiger partial charge >= 0.3 is 0 Å². The van der Waals surface area contributed by atoms with Gasteiger partial charge in [0.05, 0.1) is 24.1 Å². The average Bonchev–Trinajstić information content (AvgIpc) is 3.15. The van der Waals surface area contributed by atoms with Crippen molar-refractivity contribution >= 4 is 17.5 Å². The molecule has 3 N–H and O–H groups in total. The topological polar surface area (TPSA) is 83.6 Å². The standard InChI is InChI=1S/C14H16N2O3/c15-7-9-1-2-11-10(5-9)6-12(18)16(11)13(19)14(8-17)3-4-14/h1-2,5,17H,3-4,6-8,15H2. The summed E-state index contributed by atoms with van der Waals surface area (Å²) < 4.78 is 0. The molecule has 2 aliphatic rings. The van der Waals surface area contributed by atoms with E-state index in [-0.39, 0.29) is 24.8 Å². The van der Waals surface area contributed by atoms with E-state index in [1.54, 1.807) is 6.07 Å². The van der Waals surface area contributed by atoms with Crippen LogP contribution in [0.25, 0.3) is 0 Å². The summed E-state index contributed by atoms with van der Waals surface area (Å²) in [4.78, 5) is 25.7. The number of anilines is 1. The third-order valence-electron chi connectivity index (χ3n) is 4.02. The summed E-state index contributed by atoms with van der Waals surface area (Å²) in [5.41, 5.74) is 7.29. The van der Waals surface area contributed by atoms with Crippen LogP contribution in [0.15, 0.2) is 18.2 Å². The Morgan fingerprint density at radius 2 is 2.16 bits per heavy atom. The quantitative estimate of drug-likeness (QED) is 0.767. The molecule has 1 aliphatic heterocycles. The van der Waals surface area contributed by atoms with Gasteiger partial charge in [-0.2, -0.15) is 0 Å². The van der Waals surface area contributed by atoms with E-state index in [0.717, 1.165) is 11.1 Å². The predicted octanol–water partition coefficient (Wildman–Crippen LogP) is 0.333. The van der Waals surface area contributed by atoms with Crippen LogP contribution in [-0.2, 0) is 22.6 Å². The molecule has 1 aromatic carbocycles. The lowest BCUT2D eigenvalue weighted by molar-refractivity contribution is -0.129. The van der Waals surface area contributed by atoms with Gasteiger partial charge in [-0.25, -0.2) is 4.90 Å². The van der Waals surface area contributed by atoms with Gasteiger partial charge in [0.25, 0.3) is 0 Å². The van der Waals surface area contributed by atoms with Crippen molar-refractivity contribution in [1.29, 1.82) is 0 Å². The number of aliphatic hydroxyl groups is 1. The molecule has 100 valence electrons. The zero-order chi connectivity index (χ0) is 13.6. The van der Waals surface area contributed by atoms with Crippen molar-refractivity contribution in [2.24, 2.45) is 11.1 Å². The zero-order valence-corrected chi connectivity index (χ0v) is 10.6. The Morgan fingerprint density at radius 1 is 1.42 bits per heavy atom. The summed E-state index contributed by atoms with van der Waals surface area (Å²) >= 11 is 0. The largest absolute Gasteiger partial charge is 0.395 e. The number of carbonyl (C=O) groups is 2. The molecule has 5 heteroatoms. The molecule has 0 bridgehead atoms. The molecule has 0 radical (unpaired) electrons. The number of hydrogen-bond acceptors (Lipinski definition) is 4. The molecule has 0 spiro atoms. The number of aliphatic hydroxyl groups excluding tert-OH is 1. The number of nitrogens with zero attached hydrogens (tertiary/aromatic N) is 1. The highest BCUT2D eigenvalue weighted by Gasteiger charge is 2.53. The van der Waals surface area contributed by atoms with Gasteiger partial charge in [-0.1, -0.05) is 12.1 Å². The van der Waals surface area contributed by atoms with E-state index in [4.69, 9.17) is 5.73 Å². The highest BCUT2D eigenvalue weighted by molar-refractivity contribution is 6.21. The number of amides is 2. The Bertz CT molecular complexity index is 564. The van der Waals surface area contributed by atoms with Crippen LogP contribution in [0.3, 0.4) is 0 Å².